The molecular weight excluding hydrogens is 422 g/mol. The SMILES string of the molecule is C=C1CC[C@H]2C(C)(C)CC[C@@H](CC/C(C)=C/Cn3c[n+](C)c4ncnc(NOC)c43)[C@]2(C)[C@H]1C. The van der Waals surface area contributed by atoms with Crippen LogP contribution < -0.4 is 10.0 Å². The number of nitrogens with zero attached hydrogens (tertiary/aromatic N) is 4. The number of nitrogens with one attached hydrogen (secondary N) is 1. The van der Waals surface area contributed by atoms with Gasteiger partial charge in [-0.3, -0.25) is 9.40 Å². The molecule has 2 fully saturated rings. The van der Waals surface area contributed by atoms with Gasteiger partial charge in [0.05, 0.1) is 20.7 Å². The minimum atomic E-state index is 0.361. The summed E-state index contributed by atoms with van der Waals surface area (Å²) in [4.78, 5) is 13.9. The Bertz CT molecular complexity index is 1080. The lowest BCUT2D eigenvalue weighted by Gasteiger charge is -2.61. The average Bonchev–Trinajstić information content (AvgIpc) is 3.12. The molecule has 2 aliphatic rings. The zero-order chi connectivity index (χ0) is 24.7. The van der Waals surface area contributed by atoms with Gasteiger partial charge in [-0.25, -0.2) is 10.0 Å². The fourth-order valence-corrected chi connectivity index (χ4v) is 7.24. The lowest BCUT2D eigenvalue weighted by atomic mass is 9.44. The van der Waals surface area contributed by atoms with Crippen molar-refractivity contribution in [1.29, 1.82) is 0 Å². The second-order valence-corrected chi connectivity index (χ2v) is 11.7. The number of anilines is 1. The molecule has 0 aliphatic heterocycles. The van der Waals surface area contributed by atoms with E-state index in [0.717, 1.165) is 36.0 Å². The second-order valence-electron chi connectivity index (χ2n) is 11.7. The van der Waals surface area contributed by atoms with Gasteiger partial charge in [0.25, 0.3) is 0 Å². The molecule has 186 valence electrons. The maximum atomic E-state index is 5.13. The fourth-order valence-electron chi connectivity index (χ4n) is 7.24. The Morgan fingerprint density at radius 3 is 2.82 bits per heavy atom. The quantitative estimate of drug-likeness (QED) is 0.309. The molecule has 2 aromatic heterocycles. The van der Waals surface area contributed by atoms with Crippen molar-refractivity contribution < 1.29 is 9.40 Å². The zero-order valence-corrected chi connectivity index (χ0v) is 22.3. The third-order valence-electron chi connectivity index (χ3n) is 9.47. The van der Waals surface area contributed by atoms with Crippen molar-refractivity contribution in [1.82, 2.24) is 14.5 Å². The van der Waals surface area contributed by atoms with E-state index < -0.39 is 0 Å². The Kier molecular flexibility index (Phi) is 6.92. The number of imidazole rings is 1. The van der Waals surface area contributed by atoms with Gasteiger partial charge in [0.1, 0.15) is 0 Å². The Balaban J connectivity index is 1.49. The van der Waals surface area contributed by atoms with Gasteiger partial charge in [-0.15, -0.1) is 0 Å². The number of aryl methyl sites for hydroxylation is 1. The molecule has 4 atom stereocenters. The summed E-state index contributed by atoms with van der Waals surface area (Å²) < 4.78 is 4.22. The van der Waals surface area contributed by atoms with Gasteiger partial charge < -0.3 is 0 Å². The van der Waals surface area contributed by atoms with E-state index in [-0.39, 0.29) is 0 Å². The maximum absolute atomic E-state index is 5.13. The van der Waals surface area contributed by atoms with Crippen molar-refractivity contribution in [3.05, 3.63) is 36.5 Å². The van der Waals surface area contributed by atoms with E-state index in [2.05, 4.69) is 73.6 Å². The molecule has 0 bridgehead atoms. The monoisotopic (exact) mass is 466 g/mol. The van der Waals surface area contributed by atoms with Crippen LogP contribution in [0.5, 0.6) is 0 Å². The molecule has 0 amide bonds. The molecule has 6 heteroatoms. The van der Waals surface area contributed by atoms with Crippen LogP contribution in [0, 0.1) is 28.6 Å². The Hall–Kier alpha value is -2.21. The van der Waals surface area contributed by atoms with Crippen molar-refractivity contribution >= 4 is 17.0 Å². The van der Waals surface area contributed by atoms with E-state index >= 15 is 0 Å². The highest BCUT2D eigenvalue weighted by molar-refractivity contribution is 5.80. The van der Waals surface area contributed by atoms with Crippen molar-refractivity contribution in [3.8, 4) is 0 Å². The van der Waals surface area contributed by atoms with Crippen LogP contribution in [0.4, 0.5) is 5.82 Å². The summed E-state index contributed by atoms with van der Waals surface area (Å²) in [6, 6.07) is 0. The molecule has 2 heterocycles. The Morgan fingerprint density at radius 2 is 2.09 bits per heavy atom. The molecule has 0 aromatic carbocycles. The van der Waals surface area contributed by atoms with Crippen molar-refractivity contribution in [2.45, 2.75) is 79.7 Å². The van der Waals surface area contributed by atoms with E-state index in [0.29, 0.717) is 22.6 Å². The normalized spacial score (nSPS) is 29.3. The van der Waals surface area contributed by atoms with Crippen LogP contribution in [0.3, 0.4) is 0 Å². The number of hydrogen-bond donors (Lipinski definition) is 1. The predicted octanol–water partition coefficient (Wildman–Crippen LogP) is 6.00. The van der Waals surface area contributed by atoms with Crippen LogP contribution in [-0.2, 0) is 18.4 Å². The number of aromatic nitrogens is 4. The van der Waals surface area contributed by atoms with Crippen molar-refractivity contribution in [2.24, 2.45) is 35.6 Å². The lowest BCUT2D eigenvalue weighted by Crippen LogP contribution is -2.53. The van der Waals surface area contributed by atoms with Gasteiger partial charge in [0.15, 0.2) is 18.5 Å². The summed E-state index contributed by atoms with van der Waals surface area (Å²) in [5.41, 5.74) is 8.46. The number of rotatable bonds is 7. The van der Waals surface area contributed by atoms with Crippen molar-refractivity contribution in [2.75, 3.05) is 12.6 Å². The molecule has 6 nitrogen and oxygen atoms in total. The number of allylic oxidation sites excluding steroid dienone is 3. The molecule has 34 heavy (non-hydrogen) atoms. The van der Waals surface area contributed by atoms with Gasteiger partial charge in [-0.05, 0) is 74.0 Å². The molecule has 0 radical (unpaired) electrons. The van der Waals surface area contributed by atoms with E-state index in [4.69, 9.17) is 4.84 Å². The molecule has 2 aliphatic carbocycles. The van der Waals surface area contributed by atoms with E-state index in [1.165, 1.54) is 43.3 Å². The third kappa shape index (κ3) is 4.30. The molecule has 0 saturated heterocycles. The van der Waals surface area contributed by atoms with Gasteiger partial charge in [0, 0.05) is 0 Å². The fraction of sp³-hybridized carbons (Fsp3) is 0.679. The zero-order valence-electron chi connectivity index (χ0n) is 22.3. The van der Waals surface area contributed by atoms with Crippen molar-refractivity contribution in [3.63, 3.8) is 0 Å². The van der Waals surface area contributed by atoms with Gasteiger partial charge in [0.2, 0.25) is 5.52 Å². The van der Waals surface area contributed by atoms with Gasteiger partial charge >= 0.3 is 5.65 Å². The van der Waals surface area contributed by atoms with Crippen LogP contribution in [0.25, 0.3) is 11.2 Å². The largest absolute Gasteiger partial charge is 0.307 e. The van der Waals surface area contributed by atoms with Crippen LogP contribution in [0.15, 0.2) is 36.5 Å². The maximum Gasteiger partial charge on any atom is 0.307 e. The molecule has 1 N–H and O–H groups in total. The number of hydrogen-bond acceptors (Lipinski definition) is 4. The Labute approximate surface area is 205 Å². The number of fused-ring (bicyclic) bond motifs is 2. The second kappa shape index (κ2) is 9.44. The summed E-state index contributed by atoms with van der Waals surface area (Å²) in [6.07, 6.45) is 13.6. The molecule has 2 saturated carbocycles. The van der Waals surface area contributed by atoms with Gasteiger partial charge in [-0.2, -0.15) is 4.98 Å². The first-order chi connectivity index (χ1) is 16.1. The molecular formula is C28H44N5O+. The highest BCUT2D eigenvalue weighted by atomic mass is 16.6. The summed E-state index contributed by atoms with van der Waals surface area (Å²) in [5, 5.41) is 0. The first kappa shape index (κ1) is 24.9. The molecule has 0 spiro atoms. The van der Waals surface area contributed by atoms with Crippen LogP contribution in [0.2, 0.25) is 0 Å². The highest BCUT2D eigenvalue weighted by Gasteiger charge is 2.55. The van der Waals surface area contributed by atoms with E-state index in [1.54, 1.807) is 13.4 Å². The minimum Gasteiger partial charge on any atom is -0.278 e. The standard InChI is InChI=1S/C28H44N5O/c1-19(14-16-33-18-32(7)26-24(33)25(31-34-8)29-17-30-26)9-11-22-13-15-27(4,5)23-12-10-20(2)21(3)28(22,23)6/h14,17-18,21-23H,2,9-13,15-16H2,1,3-8H3,(H,29,30,31)/q+1/b19-14+/t21-,22+,23-,28-/m0/s1. The van der Waals surface area contributed by atoms with Crippen LogP contribution in [-0.4, -0.2) is 21.6 Å². The average molecular weight is 467 g/mol. The summed E-state index contributed by atoms with van der Waals surface area (Å²) in [6.45, 7) is 17.6. The minimum absolute atomic E-state index is 0.361. The third-order valence-corrected chi connectivity index (χ3v) is 9.47. The topological polar surface area (TPSA) is 55.9 Å². The van der Waals surface area contributed by atoms with Crippen LogP contribution >= 0.6 is 0 Å². The first-order valence-electron chi connectivity index (χ1n) is 12.9. The van der Waals surface area contributed by atoms with Gasteiger partial charge in [-0.1, -0.05) is 56.5 Å². The van der Waals surface area contributed by atoms with Crippen LogP contribution in [0.1, 0.15) is 73.1 Å². The van der Waals surface area contributed by atoms with E-state index in [1.807, 2.05) is 11.6 Å². The summed E-state index contributed by atoms with van der Waals surface area (Å²) in [5.74, 6) is 2.85. The highest BCUT2D eigenvalue weighted by Crippen LogP contribution is 2.63. The Morgan fingerprint density at radius 1 is 1.32 bits per heavy atom. The first-order valence-corrected chi connectivity index (χ1v) is 12.9. The summed E-state index contributed by atoms with van der Waals surface area (Å²) >= 11 is 0. The lowest BCUT2D eigenvalue weighted by molar-refractivity contribution is -0.647. The van der Waals surface area contributed by atoms with E-state index in [9.17, 15) is 0 Å². The molecule has 4 rings (SSSR count). The summed E-state index contributed by atoms with van der Waals surface area (Å²) in [7, 11) is 3.62. The molecule has 0 unspecified atom stereocenters. The molecule has 2 aromatic rings. The predicted molar refractivity (Wildman–Crippen MR) is 138 cm³/mol. The smallest absolute Gasteiger partial charge is 0.278 e.